The topological polar surface area (TPSA) is 88.5 Å². The molecule has 1 amide bonds. The van der Waals surface area contributed by atoms with Crippen molar-refractivity contribution >= 4 is 40.5 Å². The Morgan fingerprint density at radius 3 is 2.87 bits per heavy atom. The normalized spacial score (nSPS) is 11.8. The summed E-state index contributed by atoms with van der Waals surface area (Å²) in [5.74, 6) is -1.25. The monoisotopic (exact) mass is 354 g/mol. The minimum Gasteiger partial charge on any atom is -0.495 e. The molecule has 1 aromatic carbocycles. The molecule has 2 N–H and O–H groups in total. The first-order valence-corrected chi connectivity index (χ1v) is 7.97. The summed E-state index contributed by atoms with van der Waals surface area (Å²) >= 11 is 7.19. The highest BCUT2D eigenvalue weighted by atomic mass is 35.5. The molecular weight excluding hydrogens is 340 g/mol. The standard InChI is InChI=1S/C15H15ClN2O4S/c1-8(15-17-10(7-23-15)6-13(19)20)14(21)18-11-5-9(16)3-4-12(11)22-2/h3-5,7-8H,6H2,1-2H3,(H,18,21)(H,19,20). The lowest BCUT2D eigenvalue weighted by molar-refractivity contribution is -0.136. The van der Waals surface area contributed by atoms with Crippen LogP contribution in [-0.2, 0) is 16.0 Å². The van der Waals surface area contributed by atoms with Crippen LogP contribution >= 0.6 is 22.9 Å². The van der Waals surface area contributed by atoms with Gasteiger partial charge in [0.2, 0.25) is 5.91 Å². The van der Waals surface area contributed by atoms with Crippen LogP contribution in [0.1, 0.15) is 23.5 Å². The van der Waals surface area contributed by atoms with Crippen LogP contribution in [0.15, 0.2) is 23.6 Å². The van der Waals surface area contributed by atoms with Crippen molar-refractivity contribution in [1.82, 2.24) is 4.98 Å². The lowest BCUT2D eigenvalue weighted by Gasteiger charge is -2.13. The molecule has 2 aromatic rings. The number of hydrogen-bond acceptors (Lipinski definition) is 5. The third-order valence-corrected chi connectivity index (χ3v) is 4.40. The van der Waals surface area contributed by atoms with Crippen molar-refractivity contribution in [2.45, 2.75) is 19.3 Å². The maximum absolute atomic E-state index is 12.4. The smallest absolute Gasteiger partial charge is 0.309 e. The van der Waals surface area contributed by atoms with Crippen molar-refractivity contribution in [3.8, 4) is 5.75 Å². The van der Waals surface area contributed by atoms with Crippen LogP contribution in [0.25, 0.3) is 0 Å². The van der Waals surface area contributed by atoms with Gasteiger partial charge in [0.15, 0.2) is 0 Å². The number of carboxylic acids is 1. The number of ether oxygens (including phenoxy) is 1. The Labute approximate surface area is 142 Å². The summed E-state index contributed by atoms with van der Waals surface area (Å²) in [4.78, 5) is 27.2. The van der Waals surface area contributed by atoms with Crippen LogP contribution in [0.2, 0.25) is 5.02 Å². The Bertz CT molecular complexity index is 732. The molecule has 23 heavy (non-hydrogen) atoms. The second-order valence-electron chi connectivity index (χ2n) is 4.80. The maximum atomic E-state index is 12.4. The Hall–Kier alpha value is -2.12. The molecule has 0 bridgehead atoms. The van der Waals surface area contributed by atoms with E-state index in [1.54, 1.807) is 30.5 Å². The molecule has 0 fully saturated rings. The van der Waals surface area contributed by atoms with E-state index in [1.807, 2.05) is 0 Å². The number of carboxylic acid groups (broad SMARTS) is 1. The summed E-state index contributed by atoms with van der Waals surface area (Å²) in [6.07, 6.45) is -0.160. The van der Waals surface area contributed by atoms with Gasteiger partial charge in [0, 0.05) is 10.4 Å². The van der Waals surface area contributed by atoms with Gasteiger partial charge in [-0.3, -0.25) is 9.59 Å². The first-order chi connectivity index (χ1) is 10.9. The number of aliphatic carboxylic acids is 1. The van der Waals surface area contributed by atoms with E-state index in [2.05, 4.69) is 10.3 Å². The van der Waals surface area contributed by atoms with Crippen molar-refractivity contribution in [2.24, 2.45) is 0 Å². The van der Waals surface area contributed by atoms with Crippen molar-refractivity contribution < 1.29 is 19.4 Å². The number of carbonyl (C=O) groups excluding carboxylic acids is 1. The molecule has 1 unspecified atom stereocenters. The lowest BCUT2D eigenvalue weighted by Crippen LogP contribution is -2.19. The fourth-order valence-corrected chi connectivity index (χ4v) is 2.93. The number of hydrogen-bond donors (Lipinski definition) is 2. The van der Waals surface area contributed by atoms with Gasteiger partial charge in [-0.15, -0.1) is 11.3 Å². The van der Waals surface area contributed by atoms with E-state index < -0.39 is 11.9 Å². The number of benzene rings is 1. The zero-order valence-electron chi connectivity index (χ0n) is 12.5. The van der Waals surface area contributed by atoms with Gasteiger partial charge in [-0.2, -0.15) is 0 Å². The van der Waals surface area contributed by atoms with Gasteiger partial charge in [-0.05, 0) is 25.1 Å². The van der Waals surface area contributed by atoms with Crippen molar-refractivity contribution in [3.05, 3.63) is 39.3 Å². The van der Waals surface area contributed by atoms with E-state index in [4.69, 9.17) is 21.4 Å². The van der Waals surface area contributed by atoms with E-state index in [1.165, 1.54) is 18.4 Å². The molecule has 1 atom stereocenters. The largest absolute Gasteiger partial charge is 0.495 e. The molecular formula is C15H15ClN2O4S. The van der Waals surface area contributed by atoms with Crippen molar-refractivity contribution in [2.75, 3.05) is 12.4 Å². The van der Waals surface area contributed by atoms with E-state index >= 15 is 0 Å². The summed E-state index contributed by atoms with van der Waals surface area (Å²) in [7, 11) is 1.50. The minimum atomic E-state index is -0.956. The van der Waals surface area contributed by atoms with Gasteiger partial charge in [-0.1, -0.05) is 11.6 Å². The van der Waals surface area contributed by atoms with Crippen molar-refractivity contribution in [3.63, 3.8) is 0 Å². The number of anilines is 1. The Balaban J connectivity index is 2.12. The second kappa shape index (κ2) is 7.43. The minimum absolute atomic E-state index is 0.160. The van der Waals surface area contributed by atoms with E-state index in [0.717, 1.165) is 0 Å². The molecule has 0 aliphatic rings. The average molecular weight is 355 g/mol. The predicted molar refractivity (Wildman–Crippen MR) is 88.5 cm³/mol. The molecule has 8 heteroatoms. The zero-order chi connectivity index (χ0) is 17.0. The summed E-state index contributed by atoms with van der Waals surface area (Å²) in [6, 6.07) is 4.93. The average Bonchev–Trinajstić information content (AvgIpc) is 2.94. The Kier molecular flexibility index (Phi) is 5.57. The summed E-state index contributed by atoms with van der Waals surface area (Å²) in [6.45, 7) is 1.70. The van der Waals surface area contributed by atoms with Gasteiger partial charge in [0.25, 0.3) is 0 Å². The number of amides is 1. The number of nitrogens with zero attached hydrogens (tertiary/aromatic N) is 1. The maximum Gasteiger partial charge on any atom is 0.309 e. The van der Waals surface area contributed by atoms with Gasteiger partial charge in [0.1, 0.15) is 10.8 Å². The van der Waals surface area contributed by atoms with Crippen LogP contribution in [-0.4, -0.2) is 29.1 Å². The highest BCUT2D eigenvalue weighted by Gasteiger charge is 2.20. The van der Waals surface area contributed by atoms with Crippen LogP contribution in [0.4, 0.5) is 5.69 Å². The Morgan fingerprint density at radius 1 is 1.48 bits per heavy atom. The fraction of sp³-hybridized carbons (Fsp3) is 0.267. The van der Waals surface area contributed by atoms with E-state index in [-0.39, 0.29) is 12.3 Å². The number of nitrogens with one attached hydrogen (secondary N) is 1. The molecule has 0 aliphatic carbocycles. The van der Waals surface area contributed by atoms with Crippen LogP contribution in [0, 0.1) is 0 Å². The number of halogens is 1. The third-order valence-electron chi connectivity index (χ3n) is 3.08. The number of methoxy groups -OCH3 is 1. The van der Waals surface area contributed by atoms with Gasteiger partial charge < -0.3 is 15.2 Å². The van der Waals surface area contributed by atoms with Gasteiger partial charge in [-0.25, -0.2) is 4.98 Å². The molecule has 0 aliphatic heterocycles. The molecule has 0 saturated carbocycles. The lowest BCUT2D eigenvalue weighted by atomic mass is 10.1. The molecule has 1 aromatic heterocycles. The third kappa shape index (κ3) is 4.43. The number of carbonyl (C=O) groups is 2. The summed E-state index contributed by atoms with van der Waals surface area (Å²) < 4.78 is 5.18. The predicted octanol–water partition coefficient (Wildman–Crippen LogP) is 3.17. The molecule has 0 spiro atoms. The number of rotatable bonds is 6. The first-order valence-electron chi connectivity index (χ1n) is 6.71. The van der Waals surface area contributed by atoms with Crippen LogP contribution in [0.5, 0.6) is 5.75 Å². The molecule has 6 nitrogen and oxygen atoms in total. The summed E-state index contributed by atoms with van der Waals surface area (Å²) in [5, 5.41) is 14.2. The highest BCUT2D eigenvalue weighted by molar-refractivity contribution is 7.09. The fourth-order valence-electron chi connectivity index (χ4n) is 1.89. The zero-order valence-corrected chi connectivity index (χ0v) is 14.1. The summed E-state index contributed by atoms with van der Waals surface area (Å²) in [5.41, 5.74) is 0.914. The van der Waals surface area contributed by atoms with Gasteiger partial charge in [0.05, 0.1) is 30.8 Å². The Morgan fingerprint density at radius 2 is 2.22 bits per heavy atom. The molecule has 2 rings (SSSR count). The molecule has 1 heterocycles. The number of thiazole rings is 1. The number of aromatic nitrogens is 1. The van der Waals surface area contributed by atoms with Gasteiger partial charge >= 0.3 is 5.97 Å². The quantitative estimate of drug-likeness (QED) is 0.831. The van der Waals surface area contributed by atoms with E-state index in [0.29, 0.717) is 27.2 Å². The van der Waals surface area contributed by atoms with E-state index in [9.17, 15) is 9.59 Å². The highest BCUT2D eigenvalue weighted by Crippen LogP contribution is 2.29. The van der Waals surface area contributed by atoms with Crippen molar-refractivity contribution in [1.29, 1.82) is 0 Å². The SMILES string of the molecule is COc1ccc(Cl)cc1NC(=O)C(C)c1nc(CC(=O)O)cs1. The van der Waals surface area contributed by atoms with Crippen LogP contribution in [0.3, 0.4) is 0 Å². The molecule has 0 radical (unpaired) electrons. The molecule has 0 saturated heterocycles. The van der Waals surface area contributed by atoms with Crippen LogP contribution < -0.4 is 10.1 Å². The first kappa shape index (κ1) is 17.2. The molecule has 122 valence electrons. The second-order valence-corrected chi connectivity index (χ2v) is 6.13.